The zero-order valence-corrected chi connectivity index (χ0v) is 19.4. The Kier molecular flexibility index (Phi) is 6.75. The molecule has 3 heterocycles. The number of carbonyl (C=O) groups is 1. The monoisotopic (exact) mass is 482 g/mol. The lowest BCUT2D eigenvalue weighted by Gasteiger charge is -2.31. The van der Waals surface area contributed by atoms with Crippen LogP contribution in [0.2, 0.25) is 0 Å². The number of fused-ring (bicyclic) bond motifs is 1. The Morgan fingerprint density at radius 3 is 2.56 bits per heavy atom. The number of piperidine rings is 1. The zero-order valence-electron chi connectivity index (χ0n) is 19.4. The molecule has 0 bridgehead atoms. The number of amides is 1. The van der Waals surface area contributed by atoms with E-state index in [9.17, 15) is 27.9 Å². The van der Waals surface area contributed by atoms with Crippen LogP contribution < -0.4 is 15.4 Å². The number of aromatic nitrogens is 3. The first-order valence-corrected chi connectivity index (χ1v) is 11.7. The van der Waals surface area contributed by atoms with Gasteiger partial charge >= 0.3 is 23.3 Å². The van der Waals surface area contributed by atoms with E-state index in [1.165, 1.54) is 9.42 Å². The molecule has 1 aliphatic heterocycles. The van der Waals surface area contributed by atoms with E-state index in [0.29, 0.717) is 43.7 Å². The lowest BCUT2D eigenvalue weighted by atomic mass is 9.96. The number of likely N-dealkylation sites (tertiary alicyclic amines) is 1. The molecule has 3 N–H and O–H groups in total. The highest BCUT2D eigenvalue weighted by Gasteiger charge is 2.35. The number of hydrogen-bond donors (Lipinski definition) is 3. The first-order chi connectivity index (χ1) is 16.0. The number of aromatic hydroxyl groups is 1. The van der Waals surface area contributed by atoms with Gasteiger partial charge in [0.15, 0.2) is 0 Å². The summed E-state index contributed by atoms with van der Waals surface area (Å²) in [4.78, 5) is 27.2. The van der Waals surface area contributed by atoms with Gasteiger partial charge in [-0.1, -0.05) is 24.4 Å². The number of H-pyrrole nitrogens is 1. The van der Waals surface area contributed by atoms with Crippen molar-refractivity contribution in [3.8, 4) is 5.88 Å². The first kappa shape index (κ1) is 24.3. The summed E-state index contributed by atoms with van der Waals surface area (Å²) >= 11 is 0. The van der Waals surface area contributed by atoms with Crippen LogP contribution in [0.3, 0.4) is 0 Å². The first-order valence-electron chi connectivity index (χ1n) is 11.7. The third-order valence-electron chi connectivity index (χ3n) is 6.24. The number of nitrogens with zero attached hydrogens (tertiary/aromatic N) is 3. The van der Waals surface area contributed by atoms with Crippen molar-refractivity contribution in [3.05, 3.63) is 33.8 Å². The minimum absolute atomic E-state index is 0.0373. The average molecular weight is 483 g/mol. The van der Waals surface area contributed by atoms with Crippen LogP contribution in [0.4, 0.5) is 13.2 Å². The second kappa shape index (κ2) is 9.44. The van der Waals surface area contributed by atoms with Gasteiger partial charge in [0, 0.05) is 6.04 Å². The maximum Gasteiger partial charge on any atom is 0.401 e. The molecule has 4 rings (SSSR count). The molecular weight excluding hydrogens is 451 g/mol. The lowest BCUT2D eigenvalue weighted by molar-refractivity contribution is -0.686. The van der Waals surface area contributed by atoms with Gasteiger partial charge < -0.3 is 10.4 Å². The highest BCUT2D eigenvalue weighted by atomic mass is 19.4. The summed E-state index contributed by atoms with van der Waals surface area (Å²) in [6.45, 7) is 4.17. The summed E-state index contributed by atoms with van der Waals surface area (Å²) in [5.41, 5.74) is 0.162. The van der Waals surface area contributed by atoms with Gasteiger partial charge in [0.1, 0.15) is 0 Å². The van der Waals surface area contributed by atoms with Gasteiger partial charge in [-0.3, -0.25) is 9.69 Å². The van der Waals surface area contributed by atoms with Gasteiger partial charge in [0.25, 0.3) is 5.91 Å². The number of aromatic amines is 1. The van der Waals surface area contributed by atoms with Crippen molar-refractivity contribution < 1.29 is 27.6 Å². The minimum Gasteiger partial charge on any atom is -0.477 e. The molecule has 2 aromatic rings. The van der Waals surface area contributed by atoms with Crippen LogP contribution in [-0.4, -0.2) is 57.4 Å². The van der Waals surface area contributed by atoms with Crippen LogP contribution in [0.25, 0.3) is 11.7 Å². The predicted octanol–water partition coefficient (Wildman–Crippen LogP) is 2.46. The van der Waals surface area contributed by atoms with E-state index in [0.717, 1.165) is 12.8 Å². The van der Waals surface area contributed by atoms with Crippen LogP contribution in [0.5, 0.6) is 5.88 Å². The number of allylic oxidation sites excluding steroid dienone is 1. The van der Waals surface area contributed by atoms with E-state index in [1.54, 1.807) is 10.8 Å². The molecule has 2 aliphatic rings. The maximum absolute atomic E-state index is 13.1. The van der Waals surface area contributed by atoms with E-state index in [-0.39, 0.29) is 29.3 Å². The Hall–Kier alpha value is -2.82. The van der Waals surface area contributed by atoms with Gasteiger partial charge in [-0.15, -0.1) is 0 Å². The van der Waals surface area contributed by atoms with E-state index in [2.05, 4.69) is 10.4 Å². The number of alkyl halides is 3. The third kappa shape index (κ3) is 5.45. The molecule has 8 nitrogen and oxygen atoms in total. The van der Waals surface area contributed by atoms with Crippen LogP contribution in [-0.2, 0) is 6.54 Å². The van der Waals surface area contributed by atoms with Crippen molar-refractivity contribution in [3.63, 3.8) is 0 Å². The molecule has 0 atom stereocenters. The average Bonchev–Trinajstić information content (AvgIpc) is 3.45. The zero-order chi connectivity index (χ0) is 24.6. The molecule has 1 saturated heterocycles. The molecule has 0 radical (unpaired) electrons. The quantitative estimate of drug-likeness (QED) is 0.529. The third-order valence-corrected chi connectivity index (χ3v) is 6.24. The Bertz CT molecular complexity index is 1140. The molecule has 0 unspecified atom stereocenters. The van der Waals surface area contributed by atoms with Crippen LogP contribution in [0.1, 0.15) is 55.5 Å². The van der Waals surface area contributed by atoms with Gasteiger partial charge in [0.2, 0.25) is 5.56 Å². The minimum atomic E-state index is -4.19. The van der Waals surface area contributed by atoms with E-state index >= 15 is 0 Å². The molecule has 2 fully saturated rings. The largest absolute Gasteiger partial charge is 0.477 e. The topological polar surface area (TPSA) is 93.7 Å². The normalized spacial score (nSPS) is 18.4. The Morgan fingerprint density at radius 1 is 1.29 bits per heavy atom. The predicted molar refractivity (Wildman–Crippen MR) is 119 cm³/mol. The van der Waals surface area contributed by atoms with Crippen LogP contribution in [0.15, 0.2) is 17.1 Å². The van der Waals surface area contributed by atoms with Crippen molar-refractivity contribution in [2.45, 2.75) is 58.3 Å². The second-order valence-corrected chi connectivity index (χ2v) is 9.73. The molecule has 2 aromatic heterocycles. The highest BCUT2D eigenvalue weighted by Crippen LogP contribution is 2.25. The van der Waals surface area contributed by atoms with E-state index in [4.69, 9.17) is 0 Å². The molecule has 0 spiro atoms. The fraction of sp³-hybridized carbons (Fsp3) is 0.609. The van der Waals surface area contributed by atoms with Gasteiger partial charge in [0.05, 0.1) is 24.8 Å². The van der Waals surface area contributed by atoms with E-state index in [1.807, 2.05) is 26.0 Å². The number of rotatable bonds is 7. The highest BCUT2D eigenvalue weighted by molar-refractivity contribution is 5.96. The molecule has 1 saturated carbocycles. The van der Waals surface area contributed by atoms with Crippen LogP contribution >= 0.6 is 0 Å². The van der Waals surface area contributed by atoms with Crippen molar-refractivity contribution in [1.82, 2.24) is 19.8 Å². The smallest absolute Gasteiger partial charge is 0.401 e. The molecule has 1 amide bonds. The van der Waals surface area contributed by atoms with Crippen molar-refractivity contribution >= 4 is 17.6 Å². The number of carbonyl (C=O) groups excluding carboxylic acids is 1. The van der Waals surface area contributed by atoms with Crippen LogP contribution in [0, 0.1) is 11.8 Å². The number of hydrogen-bond acceptors (Lipinski definition) is 4. The van der Waals surface area contributed by atoms with Gasteiger partial charge in [-0.05, 0) is 56.7 Å². The van der Waals surface area contributed by atoms with E-state index < -0.39 is 24.2 Å². The molecule has 34 heavy (non-hydrogen) atoms. The Labute approximate surface area is 195 Å². The molecule has 1 aliphatic carbocycles. The summed E-state index contributed by atoms with van der Waals surface area (Å²) in [5, 5.41) is 16.6. The molecule has 0 aromatic carbocycles. The fourth-order valence-corrected chi connectivity index (χ4v) is 4.40. The van der Waals surface area contributed by atoms with Gasteiger partial charge in [-0.25, -0.2) is 9.89 Å². The van der Waals surface area contributed by atoms with Crippen molar-refractivity contribution in [2.75, 3.05) is 19.6 Å². The summed E-state index contributed by atoms with van der Waals surface area (Å²) < 4.78 is 40.7. The summed E-state index contributed by atoms with van der Waals surface area (Å²) in [5.74, 6) is -0.719. The maximum atomic E-state index is 13.1. The summed E-state index contributed by atoms with van der Waals surface area (Å²) in [7, 11) is 0. The molecular formula is C23H31F3N5O3+. The fourth-order valence-electron chi connectivity index (χ4n) is 4.40. The number of halogens is 3. The van der Waals surface area contributed by atoms with Crippen molar-refractivity contribution in [1.29, 1.82) is 0 Å². The number of nitrogens with one attached hydrogen (secondary N) is 2. The Morgan fingerprint density at radius 2 is 1.97 bits per heavy atom. The summed E-state index contributed by atoms with van der Waals surface area (Å²) in [6, 6.07) is 0.0373. The Balaban J connectivity index is 1.61. The molecule has 186 valence electrons. The molecule has 11 heteroatoms. The summed E-state index contributed by atoms with van der Waals surface area (Å²) in [6.07, 6.45) is 4.14. The standard InChI is InChI=1S/C23H30F3N5O3/c1-14(2)12-30-20-16(4-3-15-7-9-29(10-8-15)13-23(24,25)26)11-27-31(20)22(34)18(21(30)33)19(32)28-17-5-6-17/h3-4,11,14-15,17H,5-10,12-13H2,1-2H3,(H2,28,32,33,34)/p+1/b4-3+. The lowest BCUT2D eigenvalue weighted by Crippen LogP contribution is -2.46. The van der Waals surface area contributed by atoms with Crippen molar-refractivity contribution in [2.24, 2.45) is 11.8 Å². The van der Waals surface area contributed by atoms with Gasteiger partial charge in [-0.2, -0.15) is 17.7 Å². The second-order valence-electron chi connectivity index (χ2n) is 9.73. The SMILES string of the molecule is CC(C)C[n+]1c(O)c(C(=O)NC2CC2)c(=O)n2[nH]cc(/C=C/C3CCN(CC(F)(F)F)CC3)c21.